The maximum Gasteiger partial charge on any atom is 0.416 e. The zero-order chi connectivity index (χ0) is 18.6. The summed E-state index contributed by atoms with van der Waals surface area (Å²) in [5.41, 5.74) is -0.750. The third kappa shape index (κ3) is 5.21. The van der Waals surface area contributed by atoms with Crippen LogP contribution in [0.15, 0.2) is 24.3 Å². The van der Waals surface area contributed by atoms with E-state index in [1.54, 1.807) is 0 Å². The fourth-order valence-corrected chi connectivity index (χ4v) is 2.67. The van der Waals surface area contributed by atoms with Crippen molar-refractivity contribution in [2.24, 2.45) is 0 Å². The lowest BCUT2D eigenvalue weighted by Crippen LogP contribution is -2.28. The van der Waals surface area contributed by atoms with Crippen LogP contribution in [0.5, 0.6) is 0 Å². The van der Waals surface area contributed by atoms with Gasteiger partial charge in [0.05, 0.1) is 5.56 Å². The van der Waals surface area contributed by atoms with Gasteiger partial charge in [-0.2, -0.15) is 17.5 Å². The predicted octanol–water partition coefficient (Wildman–Crippen LogP) is 4.40. The van der Waals surface area contributed by atoms with E-state index >= 15 is 0 Å². The highest BCUT2D eigenvalue weighted by atomic mass is 35.5. The van der Waals surface area contributed by atoms with Gasteiger partial charge in [-0.05, 0) is 35.8 Å². The fourth-order valence-electron chi connectivity index (χ4n) is 1.54. The molecule has 0 unspecified atom stereocenters. The van der Waals surface area contributed by atoms with Gasteiger partial charge in [-0.3, -0.25) is 10.1 Å². The smallest absolute Gasteiger partial charge is 0.416 e. The molecule has 1 aromatic heterocycles. The lowest BCUT2D eigenvalue weighted by Gasteiger charge is -2.09. The van der Waals surface area contributed by atoms with Gasteiger partial charge in [-0.1, -0.05) is 23.2 Å². The first-order valence-electron chi connectivity index (χ1n) is 6.38. The molecular formula is C13H8Cl2F3N3O3S. The maximum absolute atomic E-state index is 12.4. The molecule has 0 aliphatic carbocycles. The number of hydrogen-bond donors (Lipinski definition) is 2. The number of ether oxygens (including phenoxy) is 1. The van der Waals surface area contributed by atoms with Gasteiger partial charge in [0.15, 0.2) is 11.9 Å². The maximum atomic E-state index is 12.4. The number of aromatic nitrogens is 1. The molecule has 2 amide bonds. The van der Waals surface area contributed by atoms with Crippen molar-refractivity contribution in [3.8, 4) is 0 Å². The molecule has 12 heteroatoms. The average Bonchev–Trinajstić information content (AvgIpc) is 2.86. The van der Waals surface area contributed by atoms with E-state index in [1.807, 2.05) is 0 Å². The van der Waals surface area contributed by atoms with E-state index in [2.05, 4.69) is 19.7 Å². The molecule has 1 aromatic carbocycles. The SMILES string of the molecule is O=C(Nc1ccc(C(F)(F)F)cc1)OCNC(=O)c1snc(Cl)c1Cl. The van der Waals surface area contributed by atoms with Crippen LogP contribution < -0.4 is 10.6 Å². The molecule has 0 spiro atoms. The minimum absolute atomic E-state index is 0.0154. The number of hydrogen-bond acceptors (Lipinski definition) is 5. The zero-order valence-electron chi connectivity index (χ0n) is 12.0. The Morgan fingerprint density at radius 1 is 1.20 bits per heavy atom. The van der Waals surface area contributed by atoms with Crippen LogP contribution >= 0.6 is 34.7 Å². The molecule has 1 heterocycles. The third-order valence-electron chi connectivity index (χ3n) is 2.70. The van der Waals surface area contributed by atoms with E-state index in [0.717, 1.165) is 35.8 Å². The average molecular weight is 414 g/mol. The highest BCUT2D eigenvalue weighted by molar-refractivity contribution is 7.09. The fraction of sp³-hybridized carbons (Fsp3) is 0.154. The summed E-state index contributed by atoms with van der Waals surface area (Å²) in [6.07, 6.45) is -5.43. The first-order chi connectivity index (χ1) is 11.7. The number of nitrogens with zero attached hydrogens (tertiary/aromatic N) is 1. The molecule has 2 rings (SSSR count). The van der Waals surface area contributed by atoms with Gasteiger partial charge in [0.25, 0.3) is 5.91 Å². The molecule has 0 aliphatic heterocycles. The molecular weight excluding hydrogens is 406 g/mol. The van der Waals surface area contributed by atoms with Crippen molar-refractivity contribution in [1.82, 2.24) is 9.69 Å². The van der Waals surface area contributed by atoms with Crippen molar-refractivity contribution >= 4 is 52.4 Å². The lowest BCUT2D eigenvalue weighted by molar-refractivity contribution is -0.137. The van der Waals surface area contributed by atoms with Gasteiger partial charge in [-0.15, -0.1) is 0 Å². The van der Waals surface area contributed by atoms with Crippen LogP contribution in [0.4, 0.5) is 23.7 Å². The minimum Gasteiger partial charge on any atom is -0.428 e. The number of carbonyl (C=O) groups is 2. The van der Waals surface area contributed by atoms with Crippen LogP contribution in [-0.4, -0.2) is 23.1 Å². The number of amides is 2. The molecule has 0 aliphatic rings. The largest absolute Gasteiger partial charge is 0.428 e. The second-order valence-corrected chi connectivity index (χ2v) is 5.91. The molecule has 2 aromatic rings. The van der Waals surface area contributed by atoms with E-state index in [0.29, 0.717) is 0 Å². The molecule has 6 nitrogen and oxygen atoms in total. The molecule has 25 heavy (non-hydrogen) atoms. The number of anilines is 1. The van der Waals surface area contributed by atoms with E-state index in [1.165, 1.54) is 0 Å². The molecule has 134 valence electrons. The van der Waals surface area contributed by atoms with Crippen molar-refractivity contribution in [2.75, 3.05) is 12.0 Å². The Morgan fingerprint density at radius 2 is 1.84 bits per heavy atom. The first kappa shape index (κ1) is 19.3. The van der Waals surface area contributed by atoms with E-state index in [-0.39, 0.29) is 20.7 Å². The first-order valence-corrected chi connectivity index (χ1v) is 7.91. The van der Waals surface area contributed by atoms with Crippen molar-refractivity contribution in [2.45, 2.75) is 6.18 Å². The Hall–Kier alpha value is -2.04. The Bertz CT molecular complexity index is 781. The number of halogens is 5. The number of benzene rings is 1. The molecule has 0 bridgehead atoms. The summed E-state index contributed by atoms with van der Waals surface area (Å²) in [5, 5.41) is 4.44. The summed E-state index contributed by atoms with van der Waals surface area (Å²) in [5.74, 6) is -0.642. The number of carbonyl (C=O) groups excluding carboxylic acids is 2. The van der Waals surface area contributed by atoms with Crippen molar-refractivity contribution in [3.05, 3.63) is 44.9 Å². The second kappa shape index (κ2) is 7.89. The zero-order valence-corrected chi connectivity index (χ0v) is 14.3. The molecule has 2 N–H and O–H groups in total. The molecule has 0 atom stereocenters. The number of rotatable bonds is 4. The van der Waals surface area contributed by atoms with Crippen molar-refractivity contribution in [1.29, 1.82) is 0 Å². The van der Waals surface area contributed by atoms with Gasteiger partial charge in [0, 0.05) is 5.69 Å². The lowest BCUT2D eigenvalue weighted by atomic mass is 10.2. The summed E-state index contributed by atoms with van der Waals surface area (Å²) in [6.45, 7) is -0.489. The summed E-state index contributed by atoms with van der Waals surface area (Å²) >= 11 is 12.1. The molecule has 0 fully saturated rings. The van der Waals surface area contributed by atoms with Gasteiger partial charge in [0.1, 0.15) is 9.90 Å². The summed E-state index contributed by atoms with van der Waals surface area (Å²) in [6, 6.07) is 3.77. The van der Waals surface area contributed by atoms with Crippen LogP contribution in [0.2, 0.25) is 10.2 Å². The molecule has 0 saturated carbocycles. The van der Waals surface area contributed by atoms with Crippen molar-refractivity contribution in [3.63, 3.8) is 0 Å². The molecule has 0 radical (unpaired) electrons. The second-order valence-electron chi connectivity index (χ2n) is 4.40. The normalized spacial score (nSPS) is 11.1. The Labute approximate surface area is 153 Å². The minimum atomic E-state index is -4.47. The highest BCUT2D eigenvalue weighted by Gasteiger charge is 2.30. The topological polar surface area (TPSA) is 80.3 Å². The van der Waals surface area contributed by atoms with Gasteiger partial charge >= 0.3 is 12.3 Å². The third-order valence-corrected chi connectivity index (χ3v) is 4.49. The van der Waals surface area contributed by atoms with Crippen molar-refractivity contribution < 1.29 is 27.5 Å². The van der Waals surface area contributed by atoms with Crippen LogP contribution in [0.3, 0.4) is 0 Å². The summed E-state index contributed by atoms with van der Waals surface area (Å²) in [4.78, 5) is 23.3. The Balaban J connectivity index is 1.81. The highest BCUT2D eigenvalue weighted by Crippen LogP contribution is 2.30. The van der Waals surface area contributed by atoms with Crippen LogP contribution in [0, 0.1) is 0 Å². The van der Waals surface area contributed by atoms with E-state index < -0.39 is 30.5 Å². The number of nitrogens with one attached hydrogen (secondary N) is 2. The number of alkyl halides is 3. The van der Waals surface area contributed by atoms with Crippen LogP contribution in [0.1, 0.15) is 15.2 Å². The summed E-state index contributed by atoms with van der Waals surface area (Å²) < 4.78 is 45.6. The predicted molar refractivity (Wildman–Crippen MR) is 86.0 cm³/mol. The van der Waals surface area contributed by atoms with Crippen LogP contribution in [0.25, 0.3) is 0 Å². The quantitative estimate of drug-likeness (QED) is 0.727. The van der Waals surface area contributed by atoms with Gasteiger partial charge in [0.2, 0.25) is 0 Å². The standard InChI is InChI=1S/C13H8Cl2F3N3O3S/c14-8-9(25-21-10(8)15)11(22)19-5-24-12(23)20-7-3-1-6(2-4-7)13(16,17)18/h1-4H,5H2,(H,19,22)(H,20,23). The van der Waals surface area contributed by atoms with E-state index in [4.69, 9.17) is 23.2 Å². The Kier molecular flexibility index (Phi) is 6.09. The van der Waals surface area contributed by atoms with Gasteiger partial charge < -0.3 is 10.1 Å². The van der Waals surface area contributed by atoms with Crippen LogP contribution in [-0.2, 0) is 10.9 Å². The molecule has 0 saturated heterocycles. The van der Waals surface area contributed by atoms with E-state index in [9.17, 15) is 22.8 Å². The Morgan fingerprint density at radius 3 is 2.36 bits per heavy atom. The monoisotopic (exact) mass is 413 g/mol. The van der Waals surface area contributed by atoms with Gasteiger partial charge in [-0.25, -0.2) is 4.79 Å². The summed E-state index contributed by atoms with van der Waals surface area (Å²) in [7, 11) is 0.